The zero-order valence-corrected chi connectivity index (χ0v) is 20.8. The van der Waals surface area contributed by atoms with Gasteiger partial charge in [-0.25, -0.2) is 9.80 Å². The van der Waals surface area contributed by atoms with Crippen LogP contribution < -0.4 is 20.2 Å². The van der Waals surface area contributed by atoms with Crippen LogP contribution in [0.4, 0.5) is 10.5 Å². The zero-order valence-electron chi connectivity index (χ0n) is 20.8. The minimum Gasteiger partial charge on any atom is -0.486 e. The number of urea groups is 1. The van der Waals surface area contributed by atoms with Gasteiger partial charge in [0.2, 0.25) is 11.8 Å². The Morgan fingerprint density at radius 1 is 1.03 bits per heavy atom. The van der Waals surface area contributed by atoms with Gasteiger partial charge in [0.1, 0.15) is 19.8 Å². The van der Waals surface area contributed by atoms with E-state index in [1.807, 2.05) is 31.2 Å². The third-order valence-corrected chi connectivity index (χ3v) is 7.57. The maximum atomic E-state index is 13.6. The van der Waals surface area contributed by atoms with E-state index in [2.05, 4.69) is 10.7 Å². The number of hydrazine groups is 1. The maximum Gasteiger partial charge on any atom is 0.337 e. The van der Waals surface area contributed by atoms with Crippen LogP contribution in [-0.4, -0.2) is 64.7 Å². The number of ether oxygens (including phenoxy) is 2. The molecule has 2 saturated heterocycles. The molecule has 4 amide bonds. The third kappa shape index (κ3) is 4.46. The van der Waals surface area contributed by atoms with E-state index in [0.717, 1.165) is 36.8 Å². The fourth-order valence-corrected chi connectivity index (χ4v) is 5.74. The molecule has 3 unspecified atom stereocenters. The van der Waals surface area contributed by atoms with E-state index in [4.69, 9.17) is 9.47 Å². The van der Waals surface area contributed by atoms with Gasteiger partial charge in [-0.1, -0.05) is 42.7 Å². The molecule has 2 aromatic rings. The van der Waals surface area contributed by atoms with Gasteiger partial charge in [0.25, 0.3) is 0 Å². The lowest BCUT2D eigenvalue weighted by molar-refractivity contribution is -0.157. The summed E-state index contributed by atoms with van der Waals surface area (Å²) in [6.45, 7) is 3.17. The molecule has 3 fully saturated rings. The molecule has 3 atom stereocenters. The van der Waals surface area contributed by atoms with Crippen molar-refractivity contribution in [3.05, 3.63) is 53.6 Å². The number of nitrogens with one attached hydrogen (secondary N) is 2. The van der Waals surface area contributed by atoms with Crippen LogP contribution in [0.15, 0.2) is 42.5 Å². The number of anilines is 1. The number of carbonyl (C=O) groups is 3. The van der Waals surface area contributed by atoms with E-state index >= 15 is 0 Å². The van der Waals surface area contributed by atoms with Crippen LogP contribution in [0, 0.1) is 12.8 Å². The summed E-state index contributed by atoms with van der Waals surface area (Å²) in [5.74, 6) is 0.708. The SMILES string of the molecule is Cc1ccc(CN2C(=O)C3CCCCC3N3C(=O)N(CC(=O)Nc4ccc5c(c4)OCCO5)NC23)cc1. The van der Waals surface area contributed by atoms with Crippen LogP contribution in [0.2, 0.25) is 0 Å². The van der Waals surface area contributed by atoms with Gasteiger partial charge < -0.3 is 19.7 Å². The van der Waals surface area contributed by atoms with Crippen molar-refractivity contribution >= 4 is 23.5 Å². The minimum atomic E-state index is -0.622. The van der Waals surface area contributed by atoms with Crippen LogP contribution in [0.25, 0.3) is 0 Å². The monoisotopic (exact) mass is 505 g/mol. The molecule has 4 aliphatic rings. The summed E-state index contributed by atoms with van der Waals surface area (Å²) in [4.78, 5) is 43.6. The summed E-state index contributed by atoms with van der Waals surface area (Å²) >= 11 is 0. The Balaban J connectivity index is 1.19. The molecule has 3 heterocycles. The number of carbonyl (C=O) groups excluding carboxylic acids is 3. The van der Waals surface area contributed by atoms with Crippen molar-refractivity contribution in [2.45, 2.75) is 51.5 Å². The van der Waals surface area contributed by atoms with Crippen molar-refractivity contribution in [3.63, 3.8) is 0 Å². The highest BCUT2D eigenvalue weighted by Crippen LogP contribution is 2.39. The molecule has 3 aliphatic heterocycles. The first-order chi connectivity index (χ1) is 18.0. The van der Waals surface area contributed by atoms with Crippen molar-refractivity contribution in [1.82, 2.24) is 20.2 Å². The highest BCUT2D eigenvalue weighted by molar-refractivity contribution is 5.95. The number of hydrogen-bond acceptors (Lipinski definition) is 6. The van der Waals surface area contributed by atoms with Gasteiger partial charge in [0, 0.05) is 24.3 Å². The summed E-state index contributed by atoms with van der Waals surface area (Å²) in [5.41, 5.74) is 5.86. The number of hydrogen-bond donors (Lipinski definition) is 2. The number of aryl methyl sites for hydroxylation is 1. The van der Waals surface area contributed by atoms with Crippen molar-refractivity contribution in [3.8, 4) is 11.5 Å². The molecule has 6 rings (SSSR count). The van der Waals surface area contributed by atoms with E-state index in [9.17, 15) is 14.4 Å². The summed E-state index contributed by atoms with van der Waals surface area (Å²) in [7, 11) is 0. The highest BCUT2D eigenvalue weighted by Gasteiger charge is 2.54. The minimum absolute atomic E-state index is 0.0643. The quantitative estimate of drug-likeness (QED) is 0.648. The number of rotatable bonds is 5. The summed E-state index contributed by atoms with van der Waals surface area (Å²) in [5, 5.41) is 4.16. The van der Waals surface area contributed by atoms with E-state index in [1.165, 1.54) is 5.01 Å². The molecule has 0 spiro atoms. The molecule has 2 aromatic carbocycles. The lowest BCUT2D eigenvalue weighted by Gasteiger charge is -2.48. The van der Waals surface area contributed by atoms with Crippen molar-refractivity contribution in [2.24, 2.45) is 5.92 Å². The average Bonchev–Trinajstić information content (AvgIpc) is 3.23. The molecule has 0 aromatic heterocycles. The van der Waals surface area contributed by atoms with Gasteiger partial charge >= 0.3 is 6.03 Å². The normalized spacial score (nSPS) is 24.6. The number of fused-ring (bicyclic) bond motifs is 4. The average molecular weight is 506 g/mol. The maximum absolute atomic E-state index is 13.6. The van der Waals surface area contributed by atoms with E-state index in [-0.39, 0.29) is 36.3 Å². The second-order valence-corrected chi connectivity index (χ2v) is 10.1. The Labute approximate surface area is 215 Å². The fraction of sp³-hybridized carbons (Fsp3) is 0.444. The zero-order chi connectivity index (χ0) is 25.5. The molecule has 10 heteroatoms. The molecular formula is C27H31N5O5. The van der Waals surface area contributed by atoms with Gasteiger partial charge in [-0.15, -0.1) is 0 Å². The standard InChI is InChI=1S/C27H31N5O5/c1-17-6-8-18(9-7-17)15-30-25(34)20-4-2-3-5-21(20)32-26(30)29-31(27(32)35)16-24(33)28-19-10-11-22-23(14-19)37-13-12-36-22/h6-11,14,20-21,26,29H,2-5,12-13,15-16H2,1H3,(H,28,33). The fourth-order valence-electron chi connectivity index (χ4n) is 5.74. The first kappa shape index (κ1) is 23.6. The van der Waals surface area contributed by atoms with E-state index < -0.39 is 6.29 Å². The first-order valence-corrected chi connectivity index (χ1v) is 12.9. The van der Waals surface area contributed by atoms with Crippen LogP contribution in [0.3, 0.4) is 0 Å². The van der Waals surface area contributed by atoms with Crippen molar-refractivity contribution < 1.29 is 23.9 Å². The Hall–Kier alpha value is -3.79. The van der Waals surface area contributed by atoms with Gasteiger partial charge in [-0.3, -0.25) is 14.5 Å². The summed E-state index contributed by atoms with van der Waals surface area (Å²) in [6.07, 6.45) is 2.90. The number of nitrogens with zero attached hydrogens (tertiary/aromatic N) is 3. The molecule has 0 bridgehead atoms. The lowest BCUT2D eigenvalue weighted by atomic mass is 9.81. The van der Waals surface area contributed by atoms with Crippen LogP contribution in [-0.2, 0) is 16.1 Å². The van der Waals surface area contributed by atoms with E-state index in [0.29, 0.717) is 36.9 Å². The number of benzene rings is 2. The van der Waals surface area contributed by atoms with Crippen LogP contribution >= 0.6 is 0 Å². The molecule has 1 saturated carbocycles. The van der Waals surface area contributed by atoms with Crippen LogP contribution in [0.1, 0.15) is 36.8 Å². The van der Waals surface area contributed by atoms with Gasteiger partial charge in [0.05, 0.1) is 5.92 Å². The smallest absolute Gasteiger partial charge is 0.337 e. The van der Waals surface area contributed by atoms with Crippen molar-refractivity contribution in [2.75, 3.05) is 25.1 Å². The molecule has 2 N–H and O–H groups in total. The molecular weight excluding hydrogens is 474 g/mol. The van der Waals surface area contributed by atoms with Gasteiger partial charge in [0.15, 0.2) is 17.8 Å². The first-order valence-electron chi connectivity index (χ1n) is 12.9. The van der Waals surface area contributed by atoms with E-state index in [1.54, 1.807) is 28.0 Å². The topological polar surface area (TPSA) is 103 Å². The predicted octanol–water partition coefficient (Wildman–Crippen LogP) is 2.83. The van der Waals surface area contributed by atoms with Crippen molar-refractivity contribution in [1.29, 1.82) is 0 Å². The summed E-state index contributed by atoms with van der Waals surface area (Å²) < 4.78 is 11.1. The second kappa shape index (κ2) is 9.59. The number of amides is 4. The molecule has 194 valence electrons. The predicted molar refractivity (Wildman–Crippen MR) is 134 cm³/mol. The molecule has 10 nitrogen and oxygen atoms in total. The Kier molecular flexibility index (Phi) is 6.11. The highest BCUT2D eigenvalue weighted by atomic mass is 16.6. The largest absolute Gasteiger partial charge is 0.486 e. The molecule has 37 heavy (non-hydrogen) atoms. The Bertz CT molecular complexity index is 1220. The lowest BCUT2D eigenvalue weighted by Crippen LogP contribution is -2.65. The van der Waals surface area contributed by atoms with Gasteiger partial charge in [-0.2, -0.15) is 5.43 Å². The molecule has 1 aliphatic carbocycles. The second-order valence-electron chi connectivity index (χ2n) is 10.1. The molecule has 0 radical (unpaired) electrons. The van der Waals surface area contributed by atoms with Crippen LogP contribution in [0.5, 0.6) is 11.5 Å². The van der Waals surface area contributed by atoms with Gasteiger partial charge in [-0.05, 0) is 37.5 Å². The Morgan fingerprint density at radius 3 is 2.59 bits per heavy atom. The summed E-state index contributed by atoms with van der Waals surface area (Å²) in [6, 6.07) is 12.8. The third-order valence-electron chi connectivity index (χ3n) is 7.57. The Morgan fingerprint density at radius 2 is 1.78 bits per heavy atom.